The minimum atomic E-state index is -3.28. The molecule has 0 amide bonds. The predicted octanol–water partition coefficient (Wildman–Crippen LogP) is 2.12. The van der Waals surface area contributed by atoms with Crippen LogP contribution < -0.4 is 5.73 Å². The standard InChI is InChI=1S/C15H23N3O2S.HI/c1-13-7-10-18(11-8-13)15(16)17-9-12-21(19,20)14-5-3-2-4-6-14;/h2-6,13H,7-12H2,1H3,(H2,16,17);1H. The molecule has 1 aliphatic heterocycles. The Bertz CT molecular complexity index is 582. The molecular weight excluding hydrogens is 413 g/mol. The summed E-state index contributed by atoms with van der Waals surface area (Å²) in [7, 11) is -3.28. The highest BCUT2D eigenvalue weighted by Crippen LogP contribution is 2.15. The molecule has 0 radical (unpaired) electrons. The Hall–Kier alpha value is -0.830. The Labute approximate surface area is 149 Å². The number of guanidine groups is 1. The smallest absolute Gasteiger partial charge is 0.191 e. The van der Waals surface area contributed by atoms with Crippen molar-refractivity contribution in [3.63, 3.8) is 0 Å². The molecule has 7 heteroatoms. The molecule has 1 aliphatic rings. The molecule has 0 saturated carbocycles. The molecule has 2 N–H and O–H groups in total. The van der Waals surface area contributed by atoms with Crippen molar-refractivity contribution in [3.8, 4) is 0 Å². The van der Waals surface area contributed by atoms with Crippen molar-refractivity contribution in [1.29, 1.82) is 0 Å². The zero-order chi connectivity index (χ0) is 15.3. The van der Waals surface area contributed by atoms with Crippen LogP contribution in [0.1, 0.15) is 19.8 Å². The first-order valence-electron chi connectivity index (χ1n) is 7.32. The highest BCUT2D eigenvalue weighted by Gasteiger charge is 2.17. The van der Waals surface area contributed by atoms with Crippen LogP contribution in [0.4, 0.5) is 0 Å². The molecule has 0 aromatic heterocycles. The maximum absolute atomic E-state index is 12.1. The second-order valence-electron chi connectivity index (χ2n) is 5.54. The van der Waals surface area contributed by atoms with E-state index < -0.39 is 9.84 Å². The largest absolute Gasteiger partial charge is 0.370 e. The van der Waals surface area contributed by atoms with Gasteiger partial charge in [-0.2, -0.15) is 0 Å². The Balaban J connectivity index is 0.00000242. The number of aliphatic imine (C=N–C) groups is 1. The quantitative estimate of drug-likeness (QED) is 0.445. The fourth-order valence-corrected chi connectivity index (χ4v) is 3.50. The number of halogens is 1. The predicted molar refractivity (Wildman–Crippen MR) is 100 cm³/mol. The van der Waals surface area contributed by atoms with Gasteiger partial charge in [-0.3, -0.25) is 4.99 Å². The molecule has 22 heavy (non-hydrogen) atoms. The van der Waals surface area contributed by atoms with E-state index >= 15 is 0 Å². The summed E-state index contributed by atoms with van der Waals surface area (Å²) in [5.41, 5.74) is 5.94. The number of hydrogen-bond acceptors (Lipinski definition) is 3. The maximum Gasteiger partial charge on any atom is 0.191 e. The number of sulfone groups is 1. The fraction of sp³-hybridized carbons (Fsp3) is 0.533. The maximum atomic E-state index is 12.1. The van der Waals surface area contributed by atoms with Crippen LogP contribution in [-0.4, -0.2) is 44.7 Å². The molecule has 1 aromatic rings. The van der Waals surface area contributed by atoms with Crippen molar-refractivity contribution in [3.05, 3.63) is 30.3 Å². The van der Waals surface area contributed by atoms with Gasteiger partial charge >= 0.3 is 0 Å². The van der Waals surface area contributed by atoms with Crippen LogP contribution in [-0.2, 0) is 9.84 Å². The summed E-state index contributed by atoms with van der Waals surface area (Å²) in [5.74, 6) is 1.18. The first-order valence-corrected chi connectivity index (χ1v) is 8.97. The normalized spacial score (nSPS) is 17.1. The topological polar surface area (TPSA) is 75.8 Å². The van der Waals surface area contributed by atoms with Crippen LogP contribution in [0.25, 0.3) is 0 Å². The van der Waals surface area contributed by atoms with Crippen molar-refractivity contribution in [2.45, 2.75) is 24.7 Å². The summed E-state index contributed by atoms with van der Waals surface area (Å²) < 4.78 is 24.2. The Morgan fingerprint density at radius 1 is 1.27 bits per heavy atom. The Kier molecular flexibility index (Phi) is 7.61. The molecule has 124 valence electrons. The number of nitrogens with zero attached hydrogens (tertiary/aromatic N) is 2. The molecule has 0 aliphatic carbocycles. The van der Waals surface area contributed by atoms with Gasteiger partial charge in [-0.25, -0.2) is 8.42 Å². The van der Waals surface area contributed by atoms with Crippen LogP contribution in [0.5, 0.6) is 0 Å². The van der Waals surface area contributed by atoms with Crippen molar-refractivity contribution >= 4 is 39.8 Å². The average molecular weight is 437 g/mol. The van der Waals surface area contributed by atoms with E-state index in [9.17, 15) is 8.42 Å². The van der Waals surface area contributed by atoms with Crippen LogP contribution >= 0.6 is 24.0 Å². The molecule has 0 atom stereocenters. The van der Waals surface area contributed by atoms with E-state index in [0.717, 1.165) is 31.8 Å². The third-order valence-electron chi connectivity index (χ3n) is 3.84. The summed E-state index contributed by atoms with van der Waals surface area (Å²) in [6, 6.07) is 8.45. The average Bonchev–Trinajstić information content (AvgIpc) is 2.48. The van der Waals surface area contributed by atoms with E-state index in [4.69, 9.17) is 5.73 Å². The lowest BCUT2D eigenvalue weighted by atomic mass is 10.00. The Morgan fingerprint density at radius 3 is 2.45 bits per heavy atom. The van der Waals surface area contributed by atoms with Gasteiger partial charge in [-0.1, -0.05) is 25.1 Å². The van der Waals surface area contributed by atoms with Crippen LogP contribution in [0.15, 0.2) is 40.2 Å². The lowest BCUT2D eigenvalue weighted by Gasteiger charge is -2.31. The number of nitrogens with two attached hydrogens (primary N) is 1. The summed E-state index contributed by atoms with van der Waals surface area (Å²) in [6.07, 6.45) is 2.22. The van der Waals surface area contributed by atoms with Gasteiger partial charge in [0, 0.05) is 13.1 Å². The van der Waals surface area contributed by atoms with Crippen LogP contribution in [0.3, 0.4) is 0 Å². The van der Waals surface area contributed by atoms with Crippen molar-refractivity contribution < 1.29 is 8.42 Å². The number of benzene rings is 1. The third kappa shape index (κ3) is 5.42. The van der Waals surface area contributed by atoms with Gasteiger partial charge in [0.25, 0.3) is 0 Å². The molecule has 2 rings (SSSR count). The molecule has 1 heterocycles. The first-order chi connectivity index (χ1) is 9.99. The SMILES string of the molecule is CC1CCN(C(N)=NCCS(=O)(=O)c2ccccc2)CC1.I. The van der Waals surface area contributed by atoms with Gasteiger partial charge < -0.3 is 10.6 Å². The molecule has 0 spiro atoms. The van der Waals surface area contributed by atoms with E-state index in [1.807, 2.05) is 4.90 Å². The molecule has 0 unspecified atom stereocenters. The summed E-state index contributed by atoms with van der Waals surface area (Å²) in [5, 5.41) is 0. The zero-order valence-electron chi connectivity index (χ0n) is 12.8. The molecule has 5 nitrogen and oxygen atoms in total. The monoisotopic (exact) mass is 437 g/mol. The summed E-state index contributed by atoms with van der Waals surface area (Å²) >= 11 is 0. The molecule has 1 aromatic carbocycles. The molecule has 1 fully saturated rings. The fourth-order valence-electron chi connectivity index (χ4n) is 2.36. The second kappa shape index (κ2) is 8.71. The van der Waals surface area contributed by atoms with Gasteiger partial charge in [-0.15, -0.1) is 24.0 Å². The zero-order valence-corrected chi connectivity index (χ0v) is 16.0. The molecular formula is C15H24IN3O2S. The highest BCUT2D eigenvalue weighted by molar-refractivity contribution is 14.0. The number of piperidine rings is 1. The first kappa shape index (κ1) is 19.2. The van der Waals surface area contributed by atoms with Gasteiger partial charge in [0.1, 0.15) is 0 Å². The Morgan fingerprint density at radius 2 is 1.86 bits per heavy atom. The third-order valence-corrected chi connectivity index (χ3v) is 5.55. The van der Waals surface area contributed by atoms with Gasteiger partial charge in [-0.05, 0) is 30.9 Å². The van der Waals surface area contributed by atoms with E-state index in [2.05, 4.69) is 11.9 Å². The molecule has 1 saturated heterocycles. The van der Waals surface area contributed by atoms with Crippen LogP contribution in [0, 0.1) is 5.92 Å². The van der Waals surface area contributed by atoms with E-state index in [1.54, 1.807) is 30.3 Å². The number of rotatable bonds is 4. The van der Waals surface area contributed by atoms with Crippen molar-refractivity contribution in [1.82, 2.24) is 4.90 Å². The van der Waals surface area contributed by atoms with E-state index in [-0.39, 0.29) is 36.3 Å². The van der Waals surface area contributed by atoms with Crippen molar-refractivity contribution in [2.75, 3.05) is 25.4 Å². The van der Waals surface area contributed by atoms with E-state index in [0.29, 0.717) is 10.9 Å². The van der Waals surface area contributed by atoms with Crippen LogP contribution in [0.2, 0.25) is 0 Å². The van der Waals surface area contributed by atoms with Gasteiger partial charge in [0.2, 0.25) is 0 Å². The van der Waals surface area contributed by atoms with Crippen molar-refractivity contribution in [2.24, 2.45) is 16.6 Å². The summed E-state index contributed by atoms with van der Waals surface area (Å²) in [4.78, 5) is 6.60. The highest BCUT2D eigenvalue weighted by atomic mass is 127. The second-order valence-corrected chi connectivity index (χ2v) is 7.65. The lowest BCUT2D eigenvalue weighted by molar-refractivity contribution is 0.278. The van der Waals surface area contributed by atoms with Gasteiger partial charge in [0.15, 0.2) is 15.8 Å². The lowest BCUT2D eigenvalue weighted by Crippen LogP contribution is -2.42. The minimum Gasteiger partial charge on any atom is -0.370 e. The number of hydrogen-bond donors (Lipinski definition) is 1. The van der Waals surface area contributed by atoms with E-state index in [1.165, 1.54) is 0 Å². The molecule has 0 bridgehead atoms. The minimum absolute atomic E-state index is 0. The van der Waals surface area contributed by atoms with Gasteiger partial charge in [0.05, 0.1) is 17.2 Å². The summed E-state index contributed by atoms with van der Waals surface area (Å²) in [6.45, 7) is 4.25. The number of likely N-dealkylation sites (tertiary alicyclic amines) is 1.